The molecule has 0 bridgehead atoms. The number of carbonyl (C=O) groups excluding carboxylic acids is 1. The highest BCUT2D eigenvalue weighted by Crippen LogP contribution is 2.30. The Labute approximate surface area is 143 Å². The molecule has 3 aromatic rings. The number of amides is 1. The van der Waals surface area contributed by atoms with Gasteiger partial charge < -0.3 is 10.2 Å². The van der Waals surface area contributed by atoms with Crippen LogP contribution in [0.3, 0.4) is 0 Å². The van der Waals surface area contributed by atoms with Gasteiger partial charge >= 0.3 is 0 Å². The highest BCUT2D eigenvalue weighted by Gasteiger charge is 2.24. The molecule has 0 spiro atoms. The highest BCUT2D eigenvalue weighted by atomic mass is 32.1. The Kier molecular flexibility index (Phi) is 4.08. The van der Waals surface area contributed by atoms with Crippen LogP contribution >= 0.6 is 11.3 Å². The lowest BCUT2D eigenvalue weighted by molar-refractivity contribution is 0.0927. The maximum absolute atomic E-state index is 12.3. The second-order valence-corrected chi connectivity index (χ2v) is 6.82. The zero-order valence-electron chi connectivity index (χ0n) is 13.1. The molecule has 0 radical (unpaired) electrons. The van der Waals surface area contributed by atoms with Crippen LogP contribution in [0.15, 0.2) is 42.9 Å². The summed E-state index contributed by atoms with van der Waals surface area (Å²) in [5.41, 5.74) is 1.39. The molecular weight excluding hydrogens is 322 g/mol. The zero-order valence-corrected chi connectivity index (χ0v) is 13.9. The molecule has 1 amide bonds. The van der Waals surface area contributed by atoms with Crippen molar-refractivity contribution in [2.24, 2.45) is 0 Å². The van der Waals surface area contributed by atoms with Gasteiger partial charge in [-0.25, -0.2) is 9.97 Å². The number of anilines is 1. The molecule has 1 fully saturated rings. The van der Waals surface area contributed by atoms with Crippen LogP contribution in [0, 0.1) is 0 Å². The first-order valence-electron chi connectivity index (χ1n) is 7.97. The molecule has 3 heterocycles. The summed E-state index contributed by atoms with van der Waals surface area (Å²) in [5, 5.41) is 4.09. The van der Waals surface area contributed by atoms with Gasteiger partial charge in [0.1, 0.15) is 5.69 Å². The van der Waals surface area contributed by atoms with Gasteiger partial charge in [-0.15, -0.1) is 0 Å². The number of nitrogens with zero attached hydrogens (tertiary/aromatic N) is 4. The maximum atomic E-state index is 12.3. The van der Waals surface area contributed by atoms with E-state index in [2.05, 4.69) is 26.3 Å². The van der Waals surface area contributed by atoms with Gasteiger partial charge in [0.2, 0.25) is 0 Å². The minimum absolute atomic E-state index is 0.0975. The number of para-hydroxylation sites is 1. The molecule has 2 aromatic heterocycles. The van der Waals surface area contributed by atoms with Gasteiger partial charge in [0.05, 0.1) is 16.4 Å². The van der Waals surface area contributed by atoms with Crippen LogP contribution in [0.1, 0.15) is 23.3 Å². The van der Waals surface area contributed by atoms with Gasteiger partial charge in [0, 0.05) is 31.5 Å². The molecular formula is C17H17N5OS. The molecule has 1 saturated heterocycles. The molecule has 24 heavy (non-hydrogen) atoms. The van der Waals surface area contributed by atoms with E-state index in [0.29, 0.717) is 5.69 Å². The first-order chi connectivity index (χ1) is 11.8. The van der Waals surface area contributed by atoms with E-state index < -0.39 is 0 Å². The average molecular weight is 339 g/mol. The van der Waals surface area contributed by atoms with Gasteiger partial charge in [0.15, 0.2) is 5.13 Å². The molecule has 1 aromatic carbocycles. The Balaban J connectivity index is 1.46. The normalized spacial score (nSPS) is 17.8. The monoisotopic (exact) mass is 339 g/mol. The number of benzene rings is 1. The lowest BCUT2D eigenvalue weighted by Crippen LogP contribution is -2.48. The lowest BCUT2D eigenvalue weighted by Gasteiger charge is -2.32. The average Bonchev–Trinajstić information content (AvgIpc) is 3.07. The third-order valence-corrected chi connectivity index (χ3v) is 5.20. The van der Waals surface area contributed by atoms with E-state index >= 15 is 0 Å². The number of hydrogen-bond donors (Lipinski definition) is 1. The number of aromatic nitrogens is 3. The van der Waals surface area contributed by atoms with Crippen molar-refractivity contribution in [1.29, 1.82) is 0 Å². The Morgan fingerprint density at radius 1 is 1.29 bits per heavy atom. The molecule has 6 nitrogen and oxygen atoms in total. The fourth-order valence-corrected chi connectivity index (χ4v) is 3.94. The smallest absolute Gasteiger partial charge is 0.271 e. The molecule has 0 aliphatic carbocycles. The Hall–Kier alpha value is -2.54. The van der Waals surface area contributed by atoms with Gasteiger partial charge in [-0.3, -0.25) is 9.78 Å². The van der Waals surface area contributed by atoms with Crippen LogP contribution in [0.2, 0.25) is 0 Å². The van der Waals surface area contributed by atoms with Crippen LogP contribution < -0.4 is 10.2 Å². The molecule has 1 atom stereocenters. The number of carbonyl (C=O) groups is 1. The van der Waals surface area contributed by atoms with Crippen molar-refractivity contribution < 1.29 is 4.79 Å². The predicted octanol–water partition coefficient (Wildman–Crippen LogP) is 2.49. The number of fused-ring (bicyclic) bond motifs is 1. The van der Waals surface area contributed by atoms with E-state index in [4.69, 9.17) is 4.98 Å². The molecule has 1 N–H and O–H groups in total. The number of rotatable bonds is 3. The molecule has 122 valence electrons. The van der Waals surface area contributed by atoms with Crippen LogP contribution in [0.4, 0.5) is 5.13 Å². The van der Waals surface area contributed by atoms with Crippen molar-refractivity contribution in [3.05, 3.63) is 48.5 Å². The highest BCUT2D eigenvalue weighted by molar-refractivity contribution is 7.22. The number of thiazole rings is 1. The minimum Gasteiger partial charge on any atom is -0.346 e. The van der Waals surface area contributed by atoms with Crippen LogP contribution in [0.5, 0.6) is 0 Å². The Morgan fingerprint density at radius 2 is 2.21 bits per heavy atom. The van der Waals surface area contributed by atoms with Gasteiger partial charge in [-0.1, -0.05) is 23.5 Å². The van der Waals surface area contributed by atoms with Crippen molar-refractivity contribution in [2.45, 2.75) is 18.9 Å². The van der Waals surface area contributed by atoms with Crippen LogP contribution in [-0.4, -0.2) is 40.0 Å². The van der Waals surface area contributed by atoms with E-state index in [0.717, 1.165) is 36.6 Å². The fourth-order valence-electron chi connectivity index (χ4n) is 2.94. The molecule has 7 heteroatoms. The van der Waals surface area contributed by atoms with E-state index in [1.807, 2.05) is 18.2 Å². The number of nitrogens with one attached hydrogen (secondary N) is 1. The summed E-state index contributed by atoms with van der Waals surface area (Å²) in [5.74, 6) is -0.167. The number of piperidine rings is 1. The first-order valence-corrected chi connectivity index (χ1v) is 8.78. The molecule has 4 rings (SSSR count). The molecule has 1 unspecified atom stereocenters. The SMILES string of the molecule is O=C(NC1CCCN(c2nc3ccccc3s2)C1)c1cnccn1. The lowest BCUT2D eigenvalue weighted by atomic mass is 10.1. The minimum atomic E-state index is -0.167. The summed E-state index contributed by atoms with van der Waals surface area (Å²) < 4.78 is 1.19. The topological polar surface area (TPSA) is 71.0 Å². The van der Waals surface area contributed by atoms with E-state index in [-0.39, 0.29) is 11.9 Å². The molecule has 0 saturated carbocycles. The summed E-state index contributed by atoms with van der Waals surface area (Å²) in [7, 11) is 0. The van der Waals surface area contributed by atoms with Crippen LogP contribution in [0.25, 0.3) is 10.2 Å². The Morgan fingerprint density at radius 3 is 3.04 bits per heavy atom. The van der Waals surface area contributed by atoms with Crippen molar-refractivity contribution in [3.63, 3.8) is 0 Å². The summed E-state index contributed by atoms with van der Waals surface area (Å²) in [6.45, 7) is 1.74. The quantitative estimate of drug-likeness (QED) is 0.794. The van der Waals surface area contributed by atoms with Crippen molar-refractivity contribution >= 4 is 32.6 Å². The maximum Gasteiger partial charge on any atom is 0.271 e. The van der Waals surface area contributed by atoms with E-state index in [1.54, 1.807) is 17.5 Å². The second-order valence-electron chi connectivity index (χ2n) is 5.81. The largest absolute Gasteiger partial charge is 0.346 e. The summed E-state index contributed by atoms with van der Waals surface area (Å²) in [6.07, 6.45) is 6.58. The van der Waals surface area contributed by atoms with Crippen LogP contribution in [-0.2, 0) is 0 Å². The Bertz CT molecular complexity index is 817. The standard InChI is InChI=1S/C17H17N5OS/c23-16(14-10-18-7-8-19-14)20-12-4-3-9-22(11-12)17-21-13-5-1-2-6-15(13)24-17/h1-2,5-8,10,12H,3-4,9,11H2,(H,20,23). The third-order valence-electron chi connectivity index (χ3n) is 4.11. The van der Waals surface area contributed by atoms with Gasteiger partial charge in [0.25, 0.3) is 5.91 Å². The van der Waals surface area contributed by atoms with Crippen molar-refractivity contribution in [1.82, 2.24) is 20.3 Å². The fraction of sp³-hybridized carbons (Fsp3) is 0.294. The van der Waals surface area contributed by atoms with Gasteiger partial charge in [-0.2, -0.15) is 0 Å². The summed E-state index contributed by atoms with van der Waals surface area (Å²) in [4.78, 5) is 27.2. The zero-order chi connectivity index (χ0) is 16.4. The second kappa shape index (κ2) is 6.52. The predicted molar refractivity (Wildman–Crippen MR) is 94.4 cm³/mol. The van der Waals surface area contributed by atoms with Gasteiger partial charge in [-0.05, 0) is 25.0 Å². The summed E-state index contributed by atoms with van der Waals surface area (Å²) in [6, 6.07) is 8.26. The molecule has 1 aliphatic rings. The molecule has 1 aliphatic heterocycles. The van der Waals surface area contributed by atoms with Crippen molar-refractivity contribution in [2.75, 3.05) is 18.0 Å². The number of hydrogen-bond acceptors (Lipinski definition) is 6. The van der Waals surface area contributed by atoms with Crippen molar-refractivity contribution in [3.8, 4) is 0 Å². The first kappa shape index (κ1) is 15.0. The van der Waals surface area contributed by atoms with E-state index in [9.17, 15) is 4.79 Å². The third kappa shape index (κ3) is 3.07. The van der Waals surface area contributed by atoms with E-state index in [1.165, 1.54) is 17.1 Å². The summed E-state index contributed by atoms with van der Waals surface area (Å²) >= 11 is 1.70.